The molecule has 0 bridgehead atoms. The van der Waals surface area contributed by atoms with Crippen molar-refractivity contribution in [3.63, 3.8) is 0 Å². The number of benzene rings is 2. The van der Waals surface area contributed by atoms with E-state index in [-0.39, 0.29) is 11.8 Å². The smallest absolute Gasteiger partial charge is 0.228 e. The maximum absolute atomic E-state index is 13.2. The monoisotopic (exact) mass is 376 g/mol. The van der Waals surface area contributed by atoms with E-state index in [4.69, 9.17) is 0 Å². The molecule has 0 spiro atoms. The van der Waals surface area contributed by atoms with Crippen LogP contribution in [-0.4, -0.2) is 36.3 Å². The second kappa shape index (κ2) is 8.87. The van der Waals surface area contributed by atoms with Gasteiger partial charge in [-0.2, -0.15) is 0 Å². The van der Waals surface area contributed by atoms with Gasteiger partial charge in [0.25, 0.3) is 0 Å². The standard InChI is InChI=1S/C24H28N2O2/c1-3-15-25-23(28)24(14-9-16-26(18-24)19(2)27)17-21-12-7-8-13-22(21)20-10-5-4-6-11-20/h3-8,10-13H,1,9,14-18H2,2H3,(H,25,28)/t24-/m0/s1. The van der Waals surface area contributed by atoms with Crippen LogP contribution in [0, 0.1) is 5.41 Å². The fraction of sp³-hybridized carbons (Fsp3) is 0.333. The van der Waals surface area contributed by atoms with Crippen LogP contribution in [0.15, 0.2) is 67.3 Å². The Bertz CT molecular complexity index is 847. The first-order valence-corrected chi connectivity index (χ1v) is 9.84. The highest BCUT2D eigenvalue weighted by Crippen LogP contribution is 2.37. The lowest BCUT2D eigenvalue weighted by Gasteiger charge is -2.42. The number of likely N-dealkylation sites (tertiary alicyclic amines) is 1. The predicted molar refractivity (Wildman–Crippen MR) is 113 cm³/mol. The Morgan fingerprint density at radius 3 is 2.57 bits per heavy atom. The SMILES string of the molecule is C=CCNC(=O)[C@]1(Cc2ccccc2-c2ccccc2)CCCN(C(C)=O)C1. The van der Waals surface area contributed by atoms with Crippen LogP contribution in [0.4, 0.5) is 0 Å². The van der Waals surface area contributed by atoms with Crippen LogP contribution in [0.1, 0.15) is 25.3 Å². The first-order chi connectivity index (χ1) is 13.6. The lowest BCUT2D eigenvalue weighted by Crippen LogP contribution is -2.54. The van der Waals surface area contributed by atoms with Crippen LogP contribution in [0.2, 0.25) is 0 Å². The highest BCUT2D eigenvalue weighted by molar-refractivity contribution is 5.85. The summed E-state index contributed by atoms with van der Waals surface area (Å²) in [4.78, 5) is 27.1. The van der Waals surface area contributed by atoms with Crippen molar-refractivity contribution >= 4 is 11.8 Å². The molecular formula is C24H28N2O2. The number of carbonyl (C=O) groups excluding carboxylic acids is 2. The van der Waals surface area contributed by atoms with Gasteiger partial charge in [0, 0.05) is 26.6 Å². The van der Waals surface area contributed by atoms with Gasteiger partial charge in [0.2, 0.25) is 11.8 Å². The second-order valence-corrected chi connectivity index (χ2v) is 7.52. The average molecular weight is 377 g/mol. The molecule has 2 aromatic rings. The number of nitrogens with zero attached hydrogens (tertiary/aromatic N) is 1. The van der Waals surface area contributed by atoms with Gasteiger partial charge in [0.1, 0.15) is 0 Å². The highest BCUT2D eigenvalue weighted by atomic mass is 16.2. The van der Waals surface area contributed by atoms with Gasteiger partial charge in [-0.3, -0.25) is 9.59 Å². The zero-order chi connectivity index (χ0) is 20.0. The van der Waals surface area contributed by atoms with Crippen molar-refractivity contribution in [3.05, 3.63) is 72.8 Å². The van der Waals surface area contributed by atoms with Crippen molar-refractivity contribution in [2.45, 2.75) is 26.2 Å². The second-order valence-electron chi connectivity index (χ2n) is 7.52. The minimum atomic E-state index is -0.627. The molecule has 2 aromatic carbocycles. The van der Waals surface area contributed by atoms with Crippen LogP contribution < -0.4 is 5.32 Å². The van der Waals surface area contributed by atoms with E-state index >= 15 is 0 Å². The van der Waals surface area contributed by atoms with E-state index in [2.05, 4.69) is 36.2 Å². The predicted octanol–water partition coefficient (Wildman–Crippen LogP) is 3.83. The van der Waals surface area contributed by atoms with E-state index < -0.39 is 5.41 Å². The molecule has 1 saturated heterocycles. The molecule has 0 aromatic heterocycles. The first-order valence-electron chi connectivity index (χ1n) is 9.84. The highest BCUT2D eigenvalue weighted by Gasteiger charge is 2.43. The third-order valence-electron chi connectivity index (χ3n) is 5.54. The van der Waals surface area contributed by atoms with Crippen LogP contribution in [0.5, 0.6) is 0 Å². The molecule has 0 saturated carbocycles. The number of hydrogen-bond donors (Lipinski definition) is 1. The Kier molecular flexibility index (Phi) is 6.30. The Labute approximate surface area is 167 Å². The normalized spacial score (nSPS) is 19.1. The molecule has 4 heteroatoms. The first kappa shape index (κ1) is 19.9. The summed E-state index contributed by atoms with van der Waals surface area (Å²) in [7, 11) is 0. The fourth-order valence-electron chi connectivity index (χ4n) is 4.10. The molecular weight excluding hydrogens is 348 g/mol. The Balaban J connectivity index is 1.98. The molecule has 28 heavy (non-hydrogen) atoms. The number of piperidine rings is 1. The van der Waals surface area contributed by atoms with Gasteiger partial charge in [0.05, 0.1) is 5.41 Å². The molecule has 1 aliphatic rings. The van der Waals surface area contributed by atoms with Crippen LogP contribution >= 0.6 is 0 Å². The largest absolute Gasteiger partial charge is 0.352 e. The molecule has 0 unspecified atom stereocenters. The third kappa shape index (κ3) is 4.33. The minimum Gasteiger partial charge on any atom is -0.352 e. The van der Waals surface area contributed by atoms with Gasteiger partial charge in [-0.25, -0.2) is 0 Å². The Morgan fingerprint density at radius 1 is 1.14 bits per heavy atom. The zero-order valence-electron chi connectivity index (χ0n) is 16.5. The maximum Gasteiger partial charge on any atom is 0.228 e. The summed E-state index contributed by atoms with van der Waals surface area (Å²) < 4.78 is 0. The summed E-state index contributed by atoms with van der Waals surface area (Å²) in [5.41, 5.74) is 2.78. The van der Waals surface area contributed by atoms with Gasteiger partial charge < -0.3 is 10.2 Å². The van der Waals surface area contributed by atoms with Crippen molar-refractivity contribution in [1.82, 2.24) is 10.2 Å². The molecule has 3 rings (SSSR count). The van der Waals surface area contributed by atoms with E-state index in [1.54, 1.807) is 13.0 Å². The fourth-order valence-corrected chi connectivity index (χ4v) is 4.10. The van der Waals surface area contributed by atoms with Crippen molar-refractivity contribution < 1.29 is 9.59 Å². The molecule has 4 nitrogen and oxygen atoms in total. The molecule has 0 radical (unpaired) electrons. The molecule has 146 valence electrons. The van der Waals surface area contributed by atoms with E-state index in [1.807, 2.05) is 35.2 Å². The van der Waals surface area contributed by atoms with Gasteiger partial charge in [-0.15, -0.1) is 6.58 Å². The summed E-state index contributed by atoms with van der Waals surface area (Å²) >= 11 is 0. The summed E-state index contributed by atoms with van der Waals surface area (Å²) in [6.45, 7) is 6.88. The van der Waals surface area contributed by atoms with E-state index in [9.17, 15) is 9.59 Å². The lowest BCUT2D eigenvalue weighted by molar-refractivity contribution is -0.140. The van der Waals surface area contributed by atoms with Crippen molar-refractivity contribution in [2.24, 2.45) is 5.41 Å². The molecule has 1 fully saturated rings. The summed E-state index contributed by atoms with van der Waals surface area (Å²) in [6.07, 6.45) is 3.89. The summed E-state index contributed by atoms with van der Waals surface area (Å²) in [5.74, 6) is 0.0261. The number of amides is 2. The zero-order valence-corrected chi connectivity index (χ0v) is 16.5. The van der Waals surface area contributed by atoms with Crippen molar-refractivity contribution in [2.75, 3.05) is 19.6 Å². The van der Waals surface area contributed by atoms with Gasteiger partial charge in [-0.1, -0.05) is 60.7 Å². The Hall–Kier alpha value is -2.88. The van der Waals surface area contributed by atoms with Crippen LogP contribution in [-0.2, 0) is 16.0 Å². The van der Waals surface area contributed by atoms with Crippen molar-refractivity contribution in [3.8, 4) is 11.1 Å². The topological polar surface area (TPSA) is 49.4 Å². The van der Waals surface area contributed by atoms with E-state index in [0.29, 0.717) is 26.1 Å². The van der Waals surface area contributed by atoms with E-state index in [1.165, 1.54) is 0 Å². The number of carbonyl (C=O) groups is 2. The van der Waals surface area contributed by atoms with Crippen molar-refractivity contribution in [1.29, 1.82) is 0 Å². The summed E-state index contributed by atoms with van der Waals surface area (Å²) in [5, 5.41) is 2.99. The van der Waals surface area contributed by atoms with Crippen LogP contribution in [0.3, 0.4) is 0 Å². The number of hydrogen-bond acceptors (Lipinski definition) is 2. The van der Waals surface area contributed by atoms with Gasteiger partial charge >= 0.3 is 0 Å². The lowest BCUT2D eigenvalue weighted by atomic mass is 9.73. The molecule has 0 aliphatic carbocycles. The molecule has 1 atom stereocenters. The average Bonchev–Trinajstić information content (AvgIpc) is 2.73. The maximum atomic E-state index is 13.2. The Morgan fingerprint density at radius 2 is 1.86 bits per heavy atom. The number of nitrogens with one attached hydrogen (secondary N) is 1. The van der Waals surface area contributed by atoms with Crippen LogP contribution in [0.25, 0.3) is 11.1 Å². The summed E-state index contributed by atoms with van der Waals surface area (Å²) in [6, 6.07) is 18.5. The molecule has 1 N–H and O–H groups in total. The van der Waals surface area contributed by atoms with E-state index in [0.717, 1.165) is 29.5 Å². The molecule has 1 heterocycles. The minimum absolute atomic E-state index is 0.00112. The molecule has 1 aliphatic heterocycles. The van der Waals surface area contributed by atoms with Gasteiger partial charge in [-0.05, 0) is 36.0 Å². The third-order valence-corrected chi connectivity index (χ3v) is 5.54. The quantitative estimate of drug-likeness (QED) is 0.779. The molecule has 2 amide bonds. The number of rotatable bonds is 6. The van der Waals surface area contributed by atoms with Gasteiger partial charge in [0.15, 0.2) is 0 Å².